The van der Waals surface area contributed by atoms with Crippen LogP contribution in [-0.4, -0.2) is 54.7 Å². The number of rotatable bonds is 14. The van der Waals surface area contributed by atoms with Crippen LogP contribution in [0.15, 0.2) is 30.3 Å². The van der Waals surface area contributed by atoms with Crippen molar-refractivity contribution in [2.75, 3.05) is 7.11 Å². The van der Waals surface area contributed by atoms with Crippen molar-refractivity contribution in [3.63, 3.8) is 0 Å². The van der Waals surface area contributed by atoms with Crippen LogP contribution < -0.4 is 16.0 Å². The topological polar surface area (TPSA) is 123 Å². The first-order valence-corrected chi connectivity index (χ1v) is 13.8. The fourth-order valence-electron chi connectivity index (χ4n) is 4.28. The maximum absolute atomic E-state index is 13.0. The molecule has 0 unspecified atom stereocenters. The quantitative estimate of drug-likeness (QED) is 0.297. The van der Waals surface area contributed by atoms with Crippen molar-refractivity contribution in [1.82, 2.24) is 16.0 Å². The van der Waals surface area contributed by atoms with Gasteiger partial charge in [0.15, 0.2) is 0 Å². The van der Waals surface area contributed by atoms with Crippen molar-refractivity contribution >= 4 is 23.9 Å². The predicted octanol–water partition coefficient (Wildman–Crippen LogP) is 4.38. The highest BCUT2D eigenvalue weighted by atomic mass is 16.6. The second kappa shape index (κ2) is 16.1. The summed E-state index contributed by atoms with van der Waals surface area (Å²) in [6.07, 6.45) is 0.573. The van der Waals surface area contributed by atoms with Crippen LogP contribution in [0.5, 0.6) is 0 Å². The summed E-state index contributed by atoms with van der Waals surface area (Å²) in [6, 6.07) is 8.35. The van der Waals surface area contributed by atoms with Crippen LogP contribution >= 0.6 is 0 Å². The van der Waals surface area contributed by atoms with Gasteiger partial charge < -0.3 is 25.4 Å². The zero-order chi connectivity index (χ0) is 29.8. The standard InChI is InChI=1S/C30H49N3O6/c1-19(2)15-25(23(28(36)38-9)17-22-13-11-10-12-14-22)32-26(34)16-21(5)31-27(35)18-24(20(3)4)33-29(37)39-30(6,7)8/h10-14,19-21,23-25H,15-18H2,1-9H3,(H,31,35)(H,32,34)(H,33,37)/t21-,23-,24+,25-/m0/s1. The van der Waals surface area contributed by atoms with Crippen LogP contribution in [0.4, 0.5) is 4.79 Å². The third-order valence-corrected chi connectivity index (χ3v) is 6.17. The second-order valence-electron chi connectivity index (χ2n) is 12.0. The Balaban J connectivity index is 2.80. The van der Waals surface area contributed by atoms with Crippen LogP contribution in [0.25, 0.3) is 0 Å². The first-order valence-electron chi connectivity index (χ1n) is 13.8. The molecule has 0 saturated heterocycles. The minimum atomic E-state index is -0.642. The Morgan fingerprint density at radius 3 is 1.92 bits per heavy atom. The fraction of sp³-hybridized carbons (Fsp3) is 0.667. The largest absolute Gasteiger partial charge is 0.469 e. The Kier molecular flexibility index (Phi) is 14.0. The number of amides is 3. The molecule has 220 valence electrons. The summed E-state index contributed by atoms with van der Waals surface area (Å²) in [5.41, 5.74) is 0.341. The molecule has 39 heavy (non-hydrogen) atoms. The number of alkyl carbamates (subject to hydrolysis) is 1. The minimum absolute atomic E-state index is 0.00136. The molecule has 9 heteroatoms. The summed E-state index contributed by atoms with van der Waals surface area (Å²) >= 11 is 0. The number of ether oxygens (including phenoxy) is 2. The average Bonchev–Trinajstić information content (AvgIpc) is 2.80. The van der Waals surface area contributed by atoms with Crippen molar-refractivity contribution < 1.29 is 28.7 Å². The summed E-state index contributed by atoms with van der Waals surface area (Å²) in [7, 11) is 1.36. The van der Waals surface area contributed by atoms with Gasteiger partial charge in [0.25, 0.3) is 0 Å². The van der Waals surface area contributed by atoms with Gasteiger partial charge >= 0.3 is 12.1 Å². The van der Waals surface area contributed by atoms with Gasteiger partial charge in [-0.25, -0.2) is 4.79 Å². The van der Waals surface area contributed by atoms with Crippen molar-refractivity contribution in [2.45, 2.75) is 105 Å². The molecule has 0 aliphatic rings. The molecule has 3 N–H and O–H groups in total. The van der Waals surface area contributed by atoms with E-state index in [0.29, 0.717) is 12.8 Å². The highest BCUT2D eigenvalue weighted by Gasteiger charge is 2.32. The van der Waals surface area contributed by atoms with Gasteiger partial charge in [-0.15, -0.1) is 0 Å². The summed E-state index contributed by atoms with van der Waals surface area (Å²) in [6.45, 7) is 15.0. The van der Waals surface area contributed by atoms with Crippen molar-refractivity contribution in [2.24, 2.45) is 17.8 Å². The Morgan fingerprint density at radius 2 is 1.41 bits per heavy atom. The molecule has 3 amide bonds. The van der Waals surface area contributed by atoms with E-state index < -0.39 is 35.7 Å². The van der Waals surface area contributed by atoms with Gasteiger partial charge in [-0.05, 0) is 57.9 Å². The van der Waals surface area contributed by atoms with Crippen LogP contribution in [-0.2, 0) is 30.3 Å². The van der Waals surface area contributed by atoms with E-state index in [1.807, 2.05) is 58.0 Å². The third-order valence-electron chi connectivity index (χ3n) is 6.17. The lowest BCUT2D eigenvalue weighted by atomic mass is 9.87. The number of carbonyl (C=O) groups is 4. The van der Waals surface area contributed by atoms with E-state index in [2.05, 4.69) is 16.0 Å². The van der Waals surface area contributed by atoms with Crippen molar-refractivity contribution in [1.29, 1.82) is 0 Å². The first kappa shape index (κ1) is 33.9. The fourth-order valence-corrected chi connectivity index (χ4v) is 4.28. The molecule has 0 bridgehead atoms. The van der Waals surface area contributed by atoms with Gasteiger partial charge in [0, 0.05) is 31.0 Å². The number of nitrogens with one attached hydrogen (secondary N) is 3. The number of carbonyl (C=O) groups excluding carboxylic acids is 4. The first-order chi connectivity index (χ1) is 18.1. The normalized spacial score (nSPS) is 14.6. The van der Waals surface area contributed by atoms with Crippen LogP contribution in [0.2, 0.25) is 0 Å². The van der Waals surface area contributed by atoms with Crippen LogP contribution in [0.1, 0.15) is 80.2 Å². The molecule has 1 aromatic rings. The molecule has 0 radical (unpaired) electrons. The van der Waals surface area contributed by atoms with Crippen molar-refractivity contribution in [3.8, 4) is 0 Å². The monoisotopic (exact) mass is 547 g/mol. The number of benzene rings is 1. The predicted molar refractivity (Wildman–Crippen MR) is 152 cm³/mol. The number of esters is 1. The van der Waals surface area contributed by atoms with E-state index in [1.165, 1.54) is 7.11 Å². The molecule has 0 aliphatic heterocycles. The lowest BCUT2D eigenvalue weighted by Crippen LogP contribution is -2.48. The Morgan fingerprint density at radius 1 is 0.821 bits per heavy atom. The lowest BCUT2D eigenvalue weighted by molar-refractivity contribution is -0.147. The molecule has 9 nitrogen and oxygen atoms in total. The zero-order valence-electron chi connectivity index (χ0n) is 25.1. The molecule has 1 rings (SSSR count). The van der Waals surface area contributed by atoms with E-state index in [9.17, 15) is 19.2 Å². The summed E-state index contributed by atoms with van der Waals surface area (Å²) in [4.78, 5) is 50.7. The SMILES string of the molecule is COC(=O)[C@@H](Cc1ccccc1)[C@H](CC(C)C)NC(=O)C[C@H](C)NC(=O)C[C@@H](NC(=O)OC(C)(C)C)C(C)C. The second-order valence-corrected chi connectivity index (χ2v) is 12.0. The van der Waals surface area contributed by atoms with Crippen molar-refractivity contribution in [3.05, 3.63) is 35.9 Å². The van der Waals surface area contributed by atoms with Crippen LogP contribution in [0, 0.1) is 17.8 Å². The molecule has 0 aliphatic carbocycles. The molecular weight excluding hydrogens is 498 g/mol. The molecule has 0 heterocycles. The van der Waals surface area contributed by atoms with Crippen LogP contribution in [0.3, 0.4) is 0 Å². The third kappa shape index (κ3) is 14.0. The van der Waals surface area contributed by atoms with Gasteiger partial charge in [-0.2, -0.15) is 0 Å². The van der Waals surface area contributed by atoms with Gasteiger partial charge in [0.05, 0.1) is 13.0 Å². The lowest BCUT2D eigenvalue weighted by Gasteiger charge is -2.28. The van der Waals surface area contributed by atoms with E-state index in [0.717, 1.165) is 5.56 Å². The number of hydrogen-bond donors (Lipinski definition) is 3. The highest BCUT2D eigenvalue weighted by molar-refractivity contribution is 5.81. The number of hydrogen-bond acceptors (Lipinski definition) is 6. The molecular formula is C30H49N3O6. The molecule has 0 aromatic heterocycles. The Hall–Kier alpha value is -3.10. The summed E-state index contributed by atoms with van der Waals surface area (Å²) < 4.78 is 10.4. The van der Waals surface area contributed by atoms with Gasteiger partial charge in [0.1, 0.15) is 5.60 Å². The maximum Gasteiger partial charge on any atom is 0.407 e. The minimum Gasteiger partial charge on any atom is -0.469 e. The van der Waals surface area contributed by atoms with Gasteiger partial charge in [0.2, 0.25) is 11.8 Å². The smallest absolute Gasteiger partial charge is 0.407 e. The maximum atomic E-state index is 13.0. The number of methoxy groups -OCH3 is 1. The zero-order valence-corrected chi connectivity index (χ0v) is 25.1. The molecule has 0 spiro atoms. The molecule has 0 saturated carbocycles. The van der Waals surface area contributed by atoms with Gasteiger partial charge in [-0.1, -0.05) is 58.0 Å². The van der Waals surface area contributed by atoms with Gasteiger partial charge in [-0.3, -0.25) is 14.4 Å². The Labute approximate surface area is 234 Å². The van der Waals surface area contributed by atoms with E-state index in [-0.39, 0.29) is 42.5 Å². The summed E-state index contributed by atoms with van der Waals surface area (Å²) in [5.74, 6) is -1.22. The van der Waals surface area contributed by atoms with E-state index in [1.54, 1.807) is 27.7 Å². The average molecular weight is 548 g/mol. The highest BCUT2D eigenvalue weighted by Crippen LogP contribution is 2.20. The summed E-state index contributed by atoms with van der Waals surface area (Å²) in [5, 5.41) is 8.65. The van der Waals surface area contributed by atoms with E-state index in [4.69, 9.17) is 9.47 Å². The molecule has 0 fully saturated rings. The molecule has 1 aromatic carbocycles. The molecule has 4 atom stereocenters. The van der Waals surface area contributed by atoms with E-state index >= 15 is 0 Å². The Bertz CT molecular complexity index is 926.